The Balaban J connectivity index is 2.33. The lowest BCUT2D eigenvalue weighted by Crippen LogP contribution is -2.30. The molecule has 1 aromatic rings. The Bertz CT molecular complexity index is 816. The van der Waals surface area contributed by atoms with Gasteiger partial charge in [-0.3, -0.25) is 4.79 Å². The summed E-state index contributed by atoms with van der Waals surface area (Å²) in [5.41, 5.74) is 0.568. The van der Waals surface area contributed by atoms with Crippen molar-refractivity contribution in [3.8, 4) is 0 Å². The van der Waals surface area contributed by atoms with Crippen molar-refractivity contribution in [1.29, 1.82) is 0 Å². The van der Waals surface area contributed by atoms with Crippen molar-refractivity contribution in [2.45, 2.75) is 38.0 Å². The SMILES string of the molecule is CCCCNS(=O)(=O)c1ccc(N2C(=O)CCS2(=O)=O)cc1C. The van der Waals surface area contributed by atoms with Crippen LogP contribution in [0.3, 0.4) is 0 Å². The molecule has 0 aromatic heterocycles. The highest BCUT2D eigenvalue weighted by Crippen LogP contribution is 2.28. The van der Waals surface area contributed by atoms with Crippen LogP contribution in [0.15, 0.2) is 23.1 Å². The Kier molecular flexibility index (Phi) is 5.12. The molecule has 1 aromatic carbocycles. The topological polar surface area (TPSA) is 101 Å². The van der Waals surface area contributed by atoms with E-state index in [-0.39, 0.29) is 22.8 Å². The predicted molar refractivity (Wildman–Crippen MR) is 87.2 cm³/mol. The van der Waals surface area contributed by atoms with E-state index in [0.717, 1.165) is 17.1 Å². The predicted octanol–water partition coefficient (Wildman–Crippen LogP) is 1.14. The maximum atomic E-state index is 12.2. The molecule has 9 heteroatoms. The normalized spacial score (nSPS) is 17.7. The summed E-state index contributed by atoms with van der Waals surface area (Å²) in [5, 5.41) is 0. The second kappa shape index (κ2) is 6.58. The lowest BCUT2D eigenvalue weighted by Gasteiger charge is -2.17. The zero-order valence-corrected chi connectivity index (χ0v) is 14.7. The summed E-state index contributed by atoms with van der Waals surface area (Å²) >= 11 is 0. The van der Waals surface area contributed by atoms with Gasteiger partial charge in [-0.1, -0.05) is 13.3 Å². The summed E-state index contributed by atoms with van der Waals surface area (Å²) in [6, 6.07) is 4.09. The number of benzene rings is 1. The number of hydrogen-bond acceptors (Lipinski definition) is 5. The molecule has 0 radical (unpaired) electrons. The molecule has 1 saturated heterocycles. The van der Waals surface area contributed by atoms with Crippen LogP contribution in [0.2, 0.25) is 0 Å². The number of anilines is 1. The van der Waals surface area contributed by atoms with Gasteiger partial charge in [0.15, 0.2) is 0 Å². The maximum Gasteiger partial charge on any atom is 0.242 e. The van der Waals surface area contributed by atoms with Crippen molar-refractivity contribution >= 4 is 31.6 Å². The van der Waals surface area contributed by atoms with Gasteiger partial charge in [-0.15, -0.1) is 0 Å². The van der Waals surface area contributed by atoms with Gasteiger partial charge in [-0.05, 0) is 37.1 Å². The third-order valence-electron chi connectivity index (χ3n) is 3.58. The molecule has 0 unspecified atom stereocenters. The van der Waals surface area contributed by atoms with Crippen LogP contribution in [-0.2, 0) is 24.8 Å². The van der Waals surface area contributed by atoms with Gasteiger partial charge in [-0.25, -0.2) is 25.9 Å². The van der Waals surface area contributed by atoms with E-state index in [2.05, 4.69) is 4.72 Å². The summed E-state index contributed by atoms with van der Waals surface area (Å²) in [7, 11) is -7.30. The van der Waals surface area contributed by atoms with Crippen LogP contribution in [0, 0.1) is 6.92 Å². The lowest BCUT2D eigenvalue weighted by molar-refractivity contribution is -0.116. The minimum atomic E-state index is -3.65. The van der Waals surface area contributed by atoms with Gasteiger partial charge < -0.3 is 0 Å². The fourth-order valence-electron chi connectivity index (χ4n) is 2.39. The van der Waals surface area contributed by atoms with Crippen LogP contribution in [-0.4, -0.2) is 35.0 Å². The molecular formula is C14H20N2O5S2. The summed E-state index contributed by atoms with van der Waals surface area (Å²) in [5.74, 6) is -0.718. The largest absolute Gasteiger partial charge is 0.273 e. The van der Waals surface area contributed by atoms with Gasteiger partial charge in [-0.2, -0.15) is 0 Å². The van der Waals surface area contributed by atoms with Crippen LogP contribution >= 0.6 is 0 Å². The molecule has 128 valence electrons. The molecule has 0 spiro atoms. The van der Waals surface area contributed by atoms with Gasteiger partial charge in [0.05, 0.1) is 16.3 Å². The number of aryl methyl sites for hydroxylation is 1. The Morgan fingerprint density at radius 2 is 2.00 bits per heavy atom. The molecular weight excluding hydrogens is 340 g/mol. The first-order chi connectivity index (χ1) is 10.7. The van der Waals surface area contributed by atoms with E-state index in [1.54, 1.807) is 6.92 Å². The first kappa shape index (κ1) is 17.9. The molecule has 0 aliphatic carbocycles. The molecule has 1 aliphatic rings. The highest BCUT2D eigenvalue weighted by Gasteiger charge is 2.36. The molecule has 23 heavy (non-hydrogen) atoms. The average molecular weight is 360 g/mol. The number of nitrogens with one attached hydrogen (secondary N) is 1. The standard InChI is InChI=1S/C14H20N2O5S2/c1-3-4-8-15-23(20,21)13-6-5-12(10-11(13)2)16-14(17)7-9-22(16,18)19/h5-6,10,15H,3-4,7-9H2,1-2H3. The highest BCUT2D eigenvalue weighted by molar-refractivity contribution is 7.94. The number of hydrogen-bond donors (Lipinski definition) is 1. The van der Waals surface area contributed by atoms with Crippen molar-refractivity contribution in [2.24, 2.45) is 0 Å². The van der Waals surface area contributed by atoms with Crippen LogP contribution in [0.5, 0.6) is 0 Å². The molecule has 2 rings (SSSR count). The van der Waals surface area contributed by atoms with Crippen LogP contribution in [0.4, 0.5) is 5.69 Å². The summed E-state index contributed by atoms with van der Waals surface area (Å²) in [4.78, 5) is 11.9. The quantitative estimate of drug-likeness (QED) is 0.767. The van der Waals surface area contributed by atoms with E-state index in [4.69, 9.17) is 0 Å². The highest BCUT2D eigenvalue weighted by atomic mass is 32.2. The Morgan fingerprint density at radius 1 is 1.30 bits per heavy atom. The van der Waals surface area contributed by atoms with E-state index < -0.39 is 26.0 Å². The van der Waals surface area contributed by atoms with Gasteiger partial charge in [0, 0.05) is 13.0 Å². The molecule has 7 nitrogen and oxygen atoms in total. The third kappa shape index (κ3) is 3.73. The second-order valence-electron chi connectivity index (χ2n) is 5.43. The Morgan fingerprint density at radius 3 is 2.52 bits per heavy atom. The molecule has 1 aliphatic heterocycles. The Hall–Kier alpha value is -1.45. The maximum absolute atomic E-state index is 12.2. The zero-order valence-electron chi connectivity index (χ0n) is 13.1. The number of rotatable bonds is 6. The third-order valence-corrected chi connectivity index (χ3v) is 6.90. The van der Waals surface area contributed by atoms with Gasteiger partial charge in [0.25, 0.3) is 0 Å². The minimum absolute atomic E-state index is 0.0556. The van der Waals surface area contributed by atoms with Crippen LogP contribution < -0.4 is 9.03 Å². The number of carbonyl (C=O) groups excluding carboxylic acids is 1. The van der Waals surface area contributed by atoms with Crippen molar-refractivity contribution in [2.75, 3.05) is 16.6 Å². The number of sulfonamides is 2. The first-order valence-electron chi connectivity index (χ1n) is 7.35. The first-order valence-corrected chi connectivity index (χ1v) is 10.4. The average Bonchev–Trinajstić information content (AvgIpc) is 2.72. The van der Waals surface area contributed by atoms with Gasteiger partial charge >= 0.3 is 0 Å². The second-order valence-corrected chi connectivity index (χ2v) is 9.10. The zero-order chi connectivity index (χ0) is 17.3. The van der Waals surface area contributed by atoms with E-state index in [9.17, 15) is 21.6 Å². The molecule has 0 atom stereocenters. The molecule has 1 N–H and O–H groups in total. The summed E-state index contributed by atoms with van der Waals surface area (Å²) < 4.78 is 51.6. The fourth-order valence-corrected chi connectivity index (χ4v) is 5.14. The van der Waals surface area contributed by atoms with Crippen molar-refractivity contribution in [3.63, 3.8) is 0 Å². The van der Waals surface area contributed by atoms with Gasteiger partial charge in [0.2, 0.25) is 26.0 Å². The molecule has 1 fully saturated rings. The van der Waals surface area contributed by atoms with Crippen LogP contribution in [0.25, 0.3) is 0 Å². The monoisotopic (exact) mass is 360 g/mol. The van der Waals surface area contributed by atoms with E-state index in [0.29, 0.717) is 12.1 Å². The fraction of sp³-hybridized carbons (Fsp3) is 0.500. The molecule has 0 bridgehead atoms. The number of unbranched alkanes of at least 4 members (excludes halogenated alkanes) is 1. The van der Waals surface area contributed by atoms with E-state index >= 15 is 0 Å². The molecule has 0 saturated carbocycles. The molecule has 1 amide bonds. The summed E-state index contributed by atoms with van der Waals surface area (Å²) in [6.45, 7) is 3.88. The lowest BCUT2D eigenvalue weighted by atomic mass is 10.2. The van der Waals surface area contributed by atoms with Crippen molar-refractivity contribution < 1.29 is 21.6 Å². The smallest absolute Gasteiger partial charge is 0.242 e. The number of nitrogens with zero attached hydrogens (tertiary/aromatic N) is 1. The Labute approximate surface area is 136 Å². The molecule has 1 heterocycles. The van der Waals surface area contributed by atoms with E-state index in [1.165, 1.54) is 18.2 Å². The van der Waals surface area contributed by atoms with Crippen molar-refractivity contribution in [1.82, 2.24) is 4.72 Å². The van der Waals surface area contributed by atoms with Gasteiger partial charge in [0.1, 0.15) is 0 Å². The number of amides is 1. The van der Waals surface area contributed by atoms with Crippen LogP contribution in [0.1, 0.15) is 31.7 Å². The van der Waals surface area contributed by atoms with E-state index in [1.807, 2.05) is 6.92 Å². The minimum Gasteiger partial charge on any atom is -0.273 e. The summed E-state index contributed by atoms with van der Waals surface area (Å²) in [6.07, 6.45) is 1.55. The number of carbonyl (C=O) groups is 1. The van der Waals surface area contributed by atoms with Crippen molar-refractivity contribution in [3.05, 3.63) is 23.8 Å².